The van der Waals surface area contributed by atoms with Gasteiger partial charge in [0.05, 0.1) is 18.4 Å². The Balaban J connectivity index is 2.34. The van der Waals surface area contributed by atoms with E-state index in [0.29, 0.717) is 30.8 Å². The van der Waals surface area contributed by atoms with Gasteiger partial charge < -0.3 is 20.5 Å². The van der Waals surface area contributed by atoms with Crippen LogP contribution >= 0.6 is 0 Å². The Morgan fingerprint density at radius 3 is 2.89 bits per heavy atom. The first-order valence-corrected chi connectivity index (χ1v) is 5.98. The lowest BCUT2D eigenvalue weighted by molar-refractivity contribution is -0.117. The van der Waals surface area contributed by atoms with Crippen LogP contribution in [-0.4, -0.2) is 37.2 Å². The number of phenols is 1. The van der Waals surface area contributed by atoms with Gasteiger partial charge in [0, 0.05) is 13.0 Å². The SMILES string of the molecule is COC(=O)c1ccc(O)c(N2CC(CN)CC2=O)c1. The van der Waals surface area contributed by atoms with Crippen molar-refractivity contribution in [2.75, 3.05) is 25.1 Å². The Morgan fingerprint density at radius 2 is 2.32 bits per heavy atom. The van der Waals surface area contributed by atoms with Gasteiger partial charge in [-0.05, 0) is 30.7 Å². The summed E-state index contributed by atoms with van der Waals surface area (Å²) in [7, 11) is 1.28. The lowest BCUT2D eigenvalue weighted by atomic mass is 10.1. The van der Waals surface area contributed by atoms with E-state index < -0.39 is 5.97 Å². The van der Waals surface area contributed by atoms with Gasteiger partial charge in [0.1, 0.15) is 5.75 Å². The zero-order valence-corrected chi connectivity index (χ0v) is 10.6. The fourth-order valence-corrected chi connectivity index (χ4v) is 2.16. The predicted octanol–water partition coefficient (Wildman–Crippen LogP) is 0.490. The number of hydrogen-bond donors (Lipinski definition) is 2. The molecule has 102 valence electrons. The maximum Gasteiger partial charge on any atom is 0.337 e. The summed E-state index contributed by atoms with van der Waals surface area (Å²) in [5, 5.41) is 9.85. The third kappa shape index (κ3) is 2.53. The fourth-order valence-electron chi connectivity index (χ4n) is 2.16. The average molecular weight is 264 g/mol. The van der Waals surface area contributed by atoms with Gasteiger partial charge in [-0.1, -0.05) is 0 Å². The molecule has 3 N–H and O–H groups in total. The number of anilines is 1. The molecular weight excluding hydrogens is 248 g/mol. The van der Waals surface area contributed by atoms with Crippen LogP contribution in [0, 0.1) is 5.92 Å². The number of carbonyl (C=O) groups is 2. The predicted molar refractivity (Wildman–Crippen MR) is 69.0 cm³/mol. The zero-order chi connectivity index (χ0) is 14.0. The van der Waals surface area contributed by atoms with Gasteiger partial charge >= 0.3 is 5.97 Å². The van der Waals surface area contributed by atoms with Crippen molar-refractivity contribution in [3.05, 3.63) is 23.8 Å². The highest BCUT2D eigenvalue weighted by atomic mass is 16.5. The van der Waals surface area contributed by atoms with E-state index in [1.807, 2.05) is 0 Å². The second-order valence-electron chi connectivity index (χ2n) is 4.51. The average Bonchev–Trinajstić information content (AvgIpc) is 2.79. The standard InChI is InChI=1S/C13H16N2O4/c1-19-13(18)9-2-3-11(16)10(5-9)15-7-8(6-14)4-12(15)17/h2-3,5,8,16H,4,6-7,14H2,1H3. The van der Waals surface area contributed by atoms with Gasteiger partial charge in [0.2, 0.25) is 5.91 Å². The van der Waals surface area contributed by atoms with Crippen LogP contribution in [0.2, 0.25) is 0 Å². The Morgan fingerprint density at radius 1 is 1.58 bits per heavy atom. The number of amides is 1. The normalized spacial score (nSPS) is 18.7. The number of esters is 1. The molecule has 0 bridgehead atoms. The topological polar surface area (TPSA) is 92.9 Å². The van der Waals surface area contributed by atoms with E-state index in [9.17, 15) is 14.7 Å². The van der Waals surface area contributed by atoms with Crippen molar-refractivity contribution in [1.82, 2.24) is 0 Å². The molecule has 1 aromatic rings. The number of nitrogens with zero attached hydrogens (tertiary/aromatic N) is 1. The second kappa shape index (κ2) is 5.27. The third-order valence-electron chi connectivity index (χ3n) is 3.23. The molecule has 2 rings (SSSR count). The number of rotatable bonds is 3. The van der Waals surface area contributed by atoms with Crippen molar-refractivity contribution in [2.24, 2.45) is 11.7 Å². The third-order valence-corrected chi connectivity index (χ3v) is 3.23. The number of hydrogen-bond acceptors (Lipinski definition) is 5. The quantitative estimate of drug-likeness (QED) is 0.775. The van der Waals surface area contributed by atoms with Gasteiger partial charge in [-0.25, -0.2) is 4.79 Å². The molecule has 0 aliphatic carbocycles. The van der Waals surface area contributed by atoms with E-state index in [1.165, 1.54) is 30.2 Å². The molecule has 0 saturated carbocycles. The smallest absolute Gasteiger partial charge is 0.337 e. The van der Waals surface area contributed by atoms with Crippen LogP contribution in [-0.2, 0) is 9.53 Å². The maximum absolute atomic E-state index is 11.9. The zero-order valence-electron chi connectivity index (χ0n) is 10.6. The Hall–Kier alpha value is -2.08. The van der Waals surface area contributed by atoms with Gasteiger partial charge in [0.15, 0.2) is 0 Å². The molecule has 0 spiro atoms. The molecule has 0 aromatic heterocycles. The van der Waals surface area contributed by atoms with Crippen molar-refractivity contribution in [3.8, 4) is 5.75 Å². The molecule has 19 heavy (non-hydrogen) atoms. The van der Waals surface area contributed by atoms with Crippen molar-refractivity contribution < 1.29 is 19.4 Å². The minimum Gasteiger partial charge on any atom is -0.506 e. The van der Waals surface area contributed by atoms with Gasteiger partial charge in [-0.2, -0.15) is 0 Å². The van der Waals surface area contributed by atoms with Gasteiger partial charge in [-0.3, -0.25) is 4.79 Å². The second-order valence-corrected chi connectivity index (χ2v) is 4.51. The molecule has 1 fully saturated rings. The van der Waals surface area contributed by atoms with Crippen LogP contribution in [0.1, 0.15) is 16.8 Å². The molecule has 6 nitrogen and oxygen atoms in total. The molecule has 1 heterocycles. The number of aromatic hydroxyl groups is 1. The molecule has 1 saturated heterocycles. The van der Waals surface area contributed by atoms with Crippen LogP contribution in [0.4, 0.5) is 5.69 Å². The largest absolute Gasteiger partial charge is 0.506 e. The highest BCUT2D eigenvalue weighted by molar-refractivity contribution is 5.99. The molecule has 6 heteroatoms. The summed E-state index contributed by atoms with van der Waals surface area (Å²) in [6.07, 6.45) is 0.360. The summed E-state index contributed by atoms with van der Waals surface area (Å²) in [4.78, 5) is 24.8. The van der Waals surface area contributed by atoms with E-state index in [1.54, 1.807) is 0 Å². The van der Waals surface area contributed by atoms with Crippen LogP contribution in [0.25, 0.3) is 0 Å². The lowest BCUT2D eigenvalue weighted by Gasteiger charge is -2.18. The number of ether oxygens (including phenoxy) is 1. The summed E-state index contributed by atoms with van der Waals surface area (Å²) in [5.74, 6) is -0.580. The first-order valence-electron chi connectivity index (χ1n) is 5.98. The van der Waals surface area contributed by atoms with E-state index >= 15 is 0 Å². The summed E-state index contributed by atoms with van der Waals surface area (Å²) in [6.45, 7) is 0.868. The number of phenolic OH excluding ortho intramolecular Hbond substituents is 1. The number of nitrogens with two attached hydrogens (primary N) is 1. The van der Waals surface area contributed by atoms with Gasteiger partial charge in [-0.15, -0.1) is 0 Å². The molecule has 1 unspecified atom stereocenters. The van der Waals surface area contributed by atoms with E-state index in [0.717, 1.165) is 0 Å². The van der Waals surface area contributed by atoms with Gasteiger partial charge in [0.25, 0.3) is 0 Å². The van der Waals surface area contributed by atoms with Crippen molar-refractivity contribution in [2.45, 2.75) is 6.42 Å². The molecule has 1 atom stereocenters. The van der Waals surface area contributed by atoms with Crippen molar-refractivity contribution in [3.63, 3.8) is 0 Å². The molecule has 0 radical (unpaired) electrons. The van der Waals surface area contributed by atoms with Crippen molar-refractivity contribution >= 4 is 17.6 Å². The Kier molecular flexibility index (Phi) is 3.71. The lowest BCUT2D eigenvalue weighted by Crippen LogP contribution is -2.26. The Bertz CT molecular complexity index is 515. The van der Waals surface area contributed by atoms with Crippen LogP contribution in [0.15, 0.2) is 18.2 Å². The number of methoxy groups -OCH3 is 1. The summed E-state index contributed by atoms with van der Waals surface area (Å²) < 4.78 is 4.62. The minimum atomic E-state index is -0.511. The van der Waals surface area contributed by atoms with E-state index in [2.05, 4.69) is 4.74 Å². The first kappa shape index (κ1) is 13.4. The highest BCUT2D eigenvalue weighted by Crippen LogP contribution is 2.33. The van der Waals surface area contributed by atoms with Crippen molar-refractivity contribution in [1.29, 1.82) is 0 Å². The summed E-state index contributed by atoms with van der Waals surface area (Å²) in [5.41, 5.74) is 6.17. The molecule has 1 aromatic carbocycles. The number of benzene rings is 1. The van der Waals surface area contributed by atoms with Crippen LogP contribution in [0.5, 0.6) is 5.75 Å². The van der Waals surface area contributed by atoms with Crippen LogP contribution < -0.4 is 10.6 Å². The van der Waals surface area contributed by atoms with E-state index in [4.69, 9.17) is 5.73 Å². The molecule has 1 aliphatic heterocycles. The molecular formula is C13H16N2O4. The Labute approximate surface area is 110 Å². The summed E-state index contributed by atoms with van der Waals surface area (Å²) >= 11 is 0. The fraction of sp³-hybridized carbons (Fsp3) is 0.385. The summed E-state index contributed by atoms with van der Waals surface area (Å²) in [6, 6.07) is 4.29. The van der Waals surface area contributed by atoms with Crippen LogP contribution in [0.3, 0.4) is 0 Å². The van der Waals surface area contributed by atoms with E-state index in [-0.39, 0.29) is 17.6 Å². The maximum atomic E-state index is 11.9. The minimum absolute atomic E-state index is 0.0429. The monoisotopic (exact) mass is 264 g/mol. The first-order chi connectivity index (χ1) is 9.06. The molecule has 1 aliphatic rings. The highest BCUT2D eigenvalue weighted by Gasteiger charge is 2.31. The number of carbonyl (C=O) groups excluding carboxylic acids is 2. The molecule has 1 amide bonds.